The van der Waals surface area contributed by atoms with Gasteiger partial charge in [0.1, 0.15) is 5.75 Å². The smallest absolute Gasteiger partial charge is 0.237 e. The second kappa shape index (κ2) is 11.7. The molecule has 4 rings (SSSR count). The molecule has 0 fully saturated rings. The highest BCUT2D eigenvalue weighted by Gasteiger charge is 2.22. The molecule has 0 aliphatic heterocycles. The number of aromatic nitrogens is 3. The fourth-order valence-corrected chi connectivity index (χ4v) is 4.85. The number of nitrogens with zero attached hydrogens (tertiary/aromatic N) is 4. The van der Waals surface area contributed by atoms with Crippen molar-refractivity contribution in [1.29, 1.82) is 0 Å². The topological polar surface area (TPSA) is 60.3 Å². The number of hydrogen-bond donors (Lipinski definition) is 0. The van der Waals surface area contributed by atoms with Crippen LogP contribution in [0.5, 0.6) is 5.75 Å². The van der Waals surface area contributed by atoms with Gasteiger partial charge in [-0.3, -0.25) is 4.79 Å². The minimum absolute atomic E-state index is 0.0349. The van der Waals surface area contributed by atoms with E-state index in [-0.39, 0.29) is 17.7 Å². The van der Waals surface area contributed by atoms with Crippen LogP contribution in [0.2, 0.25) is 0 Å². The Morgan fingerprint density at radius 2 is 1.60 bits per heavy atom. The number of ether oxygens (including phenoxy) is 1. The van der Waals surface area contributed by atoms with E-state index in [0.717, 1.165) is 29.2 Å². The van der Waals surface area contributed by atoms with Gasteiger partial charge in [-0.05, 0) is 50.1 Å². The van der Waals surface area contributed by atoms with Crippen molar-refractivity contribution in [3.63, 3.8) is 0 Å². The van der Waals surface area contributed by atoms with Crippen molar-refractivity contribution >= 4 is 23.4 Å². The summed E-state index contributed by atoms with van der Waals surface area (Å²) in [6, 6.07) is 28.0. The van der Waals surface area contributed by atoms with E-state index in [9.17, 15) is 4.79 Å². The molecule has 4 aromatic rings. The molecule has 0 aliphatic rings. The first-order valence-electron chi connectivity index (χ1n) is 11.7. The normalized spacial score (nSPS) is 11.0. The average molecular weight is 487 g/mol. The molecule has 0 bridgehead atoms. The molecule has 0 saturated heterocycles. The van der Waals surface area contributed by atoms with E-state index in [0.29, 0.717) is 11.7 Å². The number of rotatable bonds is 10. The summed E-state index contributed by atoms with van der Waals surface area (Å²) in [5.74, 6) is 1.77. The summed E-state index contributed by atoms with van der Waals surface area (Å²) in [5.41, 5.74) is 3.00. The van der Waals surface area contributed by atoms with Gasteiger partial charge in [0, 0.05) is 18.3 Å². The standard InChI is InChI=1S/C28H30N4O2S/c1-21(2)32(23-14-8-5-9-15-23)26(33)20-35-28-30-29-27(24-16-10-11-17-25(24)34-3)31(28)19-18-22-12-6-4-7-13-22/h4-17,21H,18-20H2,1-3H3. The second-order valence-electron chi connectivity index (χ2n) is 8.38. The molecule has 1 heterocycles. The van der Waals surface area contributed by atoms with Gasteiger partial charge < -0.3 is 14.2 Å². The number of carbonyl (C=O) groups excluding carboxylic acids is 1. The third kappa shape index (κ3) is 5.92. The van der Waals surface area contributed by atoms with Gasteiger partial charge in [-0.15, -0.1) is 10.2 Å². The summed E-state index contributed by atoms with van der Waals surface area (Å²) in [7, 11) is 1.65. The second-order valence-corrected chi connectivity index (χ2v) is 9.32. The maximum atomic E-state index is 13.3. The van der Waals surface area contributed by atoms with Gasteiger partial charge in [0.2, 0.25) is 5.91 Å². The Kier molecular flexibility index (Phi) is 8.21. The van der Waals surface area contributed by atoms with Gasteiger partial charge in [0.25, 0.3) is 0 Å². The highest BCUT2D eigenvalue weighted by atomic mass is 32.2. The Hall–Kier alpha value is -3.58. The number of hydrogen-bond acceptors (Lipinski definition) is 5. The zero-order valence-electron chi connectivity index (χ0n) is 20.3. The van der Waals surface area contributed by atoms with Crippen molar-refractivity contribution < 1.29 is 9.53 Å². The van der Waals surface area contributed by atoms with Crippen LogP contribution in [0, 0.1) is 0 Å². The van der Waals surface area contributed by atoms with E-state index >= 15 is 0 Å². The first kappa shape index (κ1) is 24.5. The van der Waals surface area contributed by atoms with Crippen LogP contribution >= 0.6 is 11.8 Å². The van der Waals surface area contributed by atoms with Gasteiger partial charge in [-0.2, -0.15) is 0 Å². The Bertz CT molecular complexity index is 1240. The Morgan fingerprint density at radius 1 is 0.943 bits per heavy atom. The van der Waals surface area contributed by atoms with Crippen molar-refractivity contribution in [3.05, 3.63) is 90.5 Å². The number of carbonyl (C=O) groups is 1. The van der Waals surface area contributed by atoms with E-state index in [1.807, 2.05) is 91.5 Å². The lowest BCUT2D eigenvalue weighted by Crippen LogP contribution is -2.38. The van der Waals surface area contributed by atoms with Crippen LogP contribution in [-0.4, -0.2) is 39.6 Å². The first-order chi connectivity index (χ1) is 17.1. The summed E-state index contributed by atoms with van der Waals surface area (Å²) in [6.07, 6.45) is 0.824. The fraction of sp³-hybridized carbons (Fsp3) is 0.250. The number of amides is 1. The highest BCUT2D eigenvalue weighted by molar-refractivity contribution is 7.99. The number of thioether (sulfide) groups is 1. The Labute approximate surface area is 211 Å². The molecule has 35 heavy (non-hydrogen) atoms. The van der Waals surface area contributed by atoms with Gasteiger partial charge in [-0.1, -0.05) is 72.4 Å². The maximum Gasteiger partial charge on any atom is 0.237 e. The minimum atomic E-state index is 0.0349. The zero-order valence-corrected chi connectivity index (χ0v) is 21.1. The number of aryl methyl sites for hydroxylation is 1. The molecule has 180 valence electrons. The molecule has 1 amide bonds. The lowest BCUT2D eigenvalue weighted by atomic mass is 10.1. The Balaban J connectivity index is 1.60. The van der Waals surface area contributed by atoms with E-state index in [1.54, 1.807) is 7.11 Å². The summed E-state index contributed by atoms with van der Waals surface area (Å²) in [6.45, 7) is 4.74. The van der Waals surface area contributed by atoms with E-state index < -0.39 is 0 Å². The molecular weight excluding hydrogens is 456 g/mol. The average Bonchev–Trinajstić information content (AvgIpc) is 3.29. The summed E-state index contributed by atoms with van der Waals surface area (Å²) < 4.78 is 7.67. The van der Waals surface area contributed by atoms with E-state index in [1.165, 1.54) is 17.3 Å². The SMILES string of the molecule is COc1ccccc1-c1nnc(SCC(=O)N(c2ccccc2)C(C)C)n1CCc1ccccc1. The largest absolute Gasteiger partial charge is 0.496 e. The molecule has 0 aliphatic carbocycles. The number of para-hydroxylation sites is 2. The number of methoxy groups -OCH3 is 1. The summed E-state index contributed by atoms with van der Waals surface area (Å²) in [4.78, 5) is 15.1. The van der Waals surface area contributed by atoms with Crippen LogP contribution in [0.25, 0.3) is 11.4 Å². The van der Waals surface area contributed by atoms with Crippen molar-refractivity contribution in [2.24, 2.45) is 0 Å². The predicted molar refractivity (Wildman–Crippen MR) is 142 cm³/mol. The van der Waals surface area contributed by atoms with Crippen LogP contribution in [0.3, 0.4) is 0 Å². The molecule has 0 spiro atoms. The van der Waals surface area contributed by atoms with Crippen LogP contribution in [-0.2, 0) is 17.8 Å². The highest BCUT2D eigenvalue weighted by Crippen LogP contribution is 2.31. The van der Waals surface area contributed by atoms with Gasteiger partial charge in [0.05, 0.1) is 18.4 Å². The number of benzene rings is 3. The van der Waals surface area contributed by atoms with Crippen molar-refractivity contribution in [1.82, 2.24) is 14.8 Å². The third-order valence-corrected chi connectivity index (χ3v) is 6.63. The molecule has 1 aromatic heterocycles. The van der Waals surface area contributed by atoms with Crippen molar-refractivity contribution in [2.75, 3.05) is 17.8 Å². The zero-order chi connectivity index (χ0) is 24.6. The van der Waals surface area contributed by atoms with E-state index in [2.05, 4.69) is 26.9 Å². The van der Waals surface area contributed by atoms with Crippen LogP contribution in [0.1, 0.15) is 19.4 Å². The lowest BCUT2D eigenvalue weighted by molar-refractivity contribution is -0.116. The molecular formula is C28H30N4O2S. The maximum absolute atomic E-state index is 13.3. The minimum Gasteiger partial charge on any atom is -0.496 e. The molecule has 0 radical (unpaired) electrons. The third-order valence-electron chi connectivity index (χ3n) is 5.68. The summed E-state index contributed by atoms with van der Waals surface area (Å²) >= 11 is 1.42. The molecule has 6 nitrogen and oxygen atoms in total. The molecule has 0 unspecified atom stereocenters. The predicted octanol–water partition coefficient (Wildman–Crippen LogP) is 5.73. The van der Waals surface area contributed by atoms with E-state index in [4.69, 9.17) is 4.74 Å². The van der Waals surface area contributed by atoms with Crippen LogP contribution in [0.15, 0.2) is 90.1 Å². The first-order valence-corrected chi connectivity index (χ1v) is 12.7. The molecule has 0 saturated carbocycles. The van der Waals surface area contributed by atoms with Crippen molar-refractivity contribution in [2.45, 2.75) is 38.0 Å². The van der Waals surface area contributed by atoms with Crippen LogP contribution < -0.4 is 9.64 Å². The summed E-state index contributed by atoms with van der Waals surface area (Å²) in [5, 5.41) is 9.70. The lowest BCUT2D eigenvalue weighted by Gasteiger charge is -2.26. The molecule has 0 atom stereocenters. The fourth-order valence-electron chi connectivity index (χ4n) is 4.03. The van der Waals surface area contributed by atoms with Gasteiger partial charge in [0.15, 0.2) is 11.0 Å². The number of anilines is 1. The molecule has 7 heteroatoms. The van der Waals surface area contributed by atoms with Crippen molar-refractivity contribution in [3.8, 4) is 17.1 Å². The monoisotopic (exact) mass is 486 g/mol. The Morgan fingerprint density at radius 3 is 2.29 bits per heavy atom. The molecule has 0 N–H and O–H groups in total. The molecule has 3 aromatic carbocycles. The quantitative estimate of drug-likeness (QED) is 0.268. The van der Waals surface area contributed by atoms with Gasteiger partial charge in [-0.25, -0.2) is 0 Å². The van der Waals surface area contributed by atoms with Gasteiger partial charge >= 0.3 is 0 Å². The van der Waals surface area contributed by atoms with Crippen LogP contribution in [0.4, 0.5) is 5.69 Å².